The molecule has 0 aliphatic heterocycles. The van der Waals surface area contributed by atoms with Crippen LogP contribution in [0.15, 0.2) is 60.7 Å². The molecule has 0 spiro atoms. The third-order valence-corrected chi connectivity index (χ3v) is 3.19. The highest BCUT2D eigenvalue weighted by atomic mass is 16.4. The molecule has 2 aromatic rings. The highest BCUT2D eigenvalue weighted by Crippen LogP contribution is 2.17. The van der Waals surface area contributed by atoms with Gasteiger partial charge in [0.2, 0.25) is 0 Å². The van der Waals surface area contributed by atoms with Crippen molar-refractivity contribution in [1.29, 1.82) is 0 Å². The monoisotopic (exact) mass is 255 g/mol. The minimum absolute atomic E-state index is 0.488. The van der Waals surface area contributed by atoms with Crippen molar-refractivity contribution >= 4 is 11.7 Å². The van der Waals surface area contributed by atoms with Gasteiger partial charge >= 0.3 is 5.97 Å². The van der Waals surface area contributed by atoms with Gasteiger partial charge in [-0.15, -0.1) is 0 Å². The second-order valence-electron chi connectivity index (χ2n) is 4.49. The summed E-state index contributed by atoms with van der Waals surface area (Å²) in [7, 11) is 1.82. The van der Waals surface area contributed by atoms with Crippen LogP contribution in [0, 0.1) is 0 Å². The van der Waals surface area contributed by atoms with E-state index >= 15 is 0 Å². The van der Waals surface area contributed by atoms with Crippen LogP contribution in [-0.2, 0) is 11.2 Å². The summed E-state index contributed by atoms with van der Waals surface area (Å²) in [4.78, 5) is 13.3. The largest absolute Gasteiger partial charge is 0.480 e. The first-order valence-corrected chi connectivity index (χ1v) is 6.23. The first-order valence-electron chi connectivity index (χ1n) is 6.23. The van der Waals surface area contributed by atoms with Gasteiger partial charge in [0.15, 0.2) is 0 Å². The Morgan fingerprint density at radius 1 is 1.05 bits per heavy atom. The molecular weight excluding hydrogens is 238 g/mol. The van der Waals surface area contributed by atoms with E-state index in [9.17, 15) is 9.90 Å². The number of likely N-dealkylation sites (N-methyl/N-ethyl adjacent to an activating group) is 1. The molecule has 0 aliphatic carbocycles. The maximum Gasteiger partial charge on any atom is 0.326 e. The van der Waals surface area contributed by atoms with Crippen molar-refractivity contribution in [2.24, 2.45) is 0 Å². The molecule has 1 atom stereocenters. The summed E-state index contributed by atoms with van der Waals surface area (Å²) in [5.41, 5.74) is 1.93. The Morgan fingerprint density at radius 3 is 2.11 bits per heavy atom. The van der Waals surface area contributed by atoms with Crippen molar-refractivity contribution in [2.45, 2.75) is 12.5 Å². The van der Waals surface area contributed by atoms with E-state index in [2.05, 4.69) is 0 Å². The predicted molar refractivity (Wildman–Crippen MR) is 76.4 cm³/mol. The third kappa shape index (κ3) is 3.35. The van der Waals surface area contributed by atoms with Crippen molar-refractivity contribution < 1.29 is 9.90 Å². The number of rotatable bonds is 5. The lowest BCUT2D eigenvalue weighted by atomic mass is 10.0. The van der Waals surface area contributed by atoms with Gasteiger partial charge in [0, 0.05) is 19.2 Å². The maximum atomic E-state index is 11.5. The number of anilines is 1. The number of nitrogens with zero attached hydrogens (tertiary/aromatic N) is 1. The fourth-order valence-corrected chi connectivity index (χ4v) is 2.07. The number of hydrogen-bond donors (Lipinski definition) is 1. The first-order chi connectivity index (χ1) is 9.18. The number of aliphatic carboxylic acids is 1. The van der Waals surface area contributed by atoms with E-state index in [0.717, 1.165) is 11.3 Å². The van der Waals surface area contributed by atoms with E-state index in [1.54, 1.807) is 4.90 Å². The van der Waals surface area contributed by atoms with Crippen LogP contribution < -0.4 is 4.90 Å². The molecule has 2 aromatic carbocycles. The minimum atomic E-state index is -0.810. The molecule has 0 radical (unpaired) electrons. The van der Waals surface area contributed by atoms with Crippen molar-refractivity contribution in [1.82, 2.24) is 0 Å². The molecule has 0 amide bonds. The van der Waals surface area contributed by atoms with E-state index in [1.807, 2.05) is 67.7 Å². The van der Waals surface area contributed by atoms with E-state index < -0.39 is 12.0 Å². The zero-order valence-corrected chi connectivity index (χ0v) is 10.9. The highest BCUT2D eigenvalue weighted by Gasteiger charge is 2.23. The Bertz CT molecular complexity index is 525. The van der Waals surface area contributed by atoms with Gasteiger partial charge in [0.1, 0.15) is 6.04 Å². The lowest BCUT2D eigenvalue weighted by Crippen LogP contribution is -2.40. The molecule has 1 N–H and O–H groups in total. The number of benzene rings is 2. The molecule has 0 saturated carbocycles. The average Bonchev–Trinajstić information content (AvgIpc) is 2.46. The lowest BCUT2D eigenvalue weighted by molar-refractivity contribution is -0.138. The summed E-state index contributed by atoms with van der Waals surface area (Å²) in [5, 5.41) is 9.42. The SMILES string of the molecule is CN(c1ccccc1)[C@@H](Cc1ccccc1)C(=O)O. The number of carboxylic acids is 1. The van der Waals surface area contributed by atoms with Gasteiger partial charge in [0.05, 0.1) is 0 Å². The molecule has 0 saturated heterocycles. The Morgan fingerprint density at radius 2 is 1.58 bits per heavy atom. The Kier molecular flexibility index (Phi) is 4.18. The van der Waals surface area contributed by atoms with E-state index in [0.29, 0.717) is 6.42 Å². The second kappa shape index (κ2) is 6.05. The zero-order valence-electron chi connectivity index (χ0n) is 10.9. The van der Waals surface area contributed by atoms with E-state index in [-0.39, 0.29) is 0 Å². The Balaban J connectivity index is 2.19. The molecule has 3 nitrogen and oxygen atoms in total. The van der Waals surface area contributed by atoms with Gasteiger partial charge in [-0.2, -0.15) is 0 Å². The van der Waals surface area contributed by atoms with Crippen LogP contribution in [0.4, 0.5) is 5.69 Å². The van der Waals surface area contributed by atoms with Crippen LogP contribution in [-0.4, -0.2) is 24.2 Å². The van der Waals surface area contributed by atoms with Crippen molar-refractivity contribution in [2.75, 3.05) is 11.9 Å². The number of para-hydroxylation sites is 1. The lowest BCUT2D eigenvalue weighted by Gasteiger charge is -2.26. The summed E-state index contributed by atoms with van der Waals surface area (Å²) in [6, 6.07) is 18.7. The van der Waals surface area contributed by atoms with Crippen LogP contribution in [0.1, 0.15) is 5.56 Å². The molecule has 0 fully saturated rings. The summed E-state index contributed by atoms with van der Waals surface area (Å²) in [5.74, 6) is -0.810. The first kappa shape index (κ1) is 13.1. The number of hydrogen-bond acceptors (Lipinski definition) is 2. The molecule has 2 rings (SSSR count). The van der Waals surface area contributed by atoms with Crippen LogP contribution in [0.25, 0.3) is 0 Å². The fourth-order valence-electron chi connectivity index (χ4n) is 2.07. The van der Waals surface area contributed by atoms with Gasteiger partial charge in [-0.1, -0.05) is 48.5 Å². The van der Waals surface area contributed by atoms with E-state index in [4.69, 9.17) is 0 Å². The Labute approximate surface area is 113 Å². The van der Waals surface area contributed by atoms with Gasteiger partial charge in [0.25, 0.3) is 0 Å². The smallest absolute Gasteiger partial charge is 0.326 e. The third-order valence-electron chi connectivity index (χ3n) is 3.19. The highest BCUT2D eigenvalue weighted by molar-refractivity contribution is 5.78. The molecule has 3 heteroatoms. The van der Waals surface area contributed by atoms with Crippen LogP contribution in [0.2, 0.25) is 0 Å². The zero-order chi connectivity index (χ0) is 13.7. The van der Waals surface area contributed by atoms with Gasteiger partial charge < -0.3 is 10.0 Å². The normalized spacial score (nSPS) is 11.8. The Hall–Kier alpha value is -2.29. The second-order valence-corrected chi connectivity index (χ2v) is 4.49. The number of carboxylic acid groups (broad SMARTS) is 1. The molecule has 0 aromatic heterocycles. The molecule has 98 valence electrons. The minimum Gasteiger partial charge on any atom is -0.480 e. The van der Waals surface area contributed by atoms with Gasteiger partial charge in [-0.05, 0) is 17.7 Å². The standard InChI is InChI=1S/C16H17NO2/c1-17(14-10-6-3-7-11-14)15(16(18)19)12-13-8-4-2-5-9-13/h2-11,15H,12H2,1H3,(H,18,19)/t15-/m0/s1. The molecule has 19 heavy (non-hydrogen) atoms. The van der Waals surface area contributed by atoms with Crippen molar-refractivity contribution in [3.63, 3.8) is 0 Å². The molecule has 0 unspecified atom stereocenters. The van der Waals surface area contributed by atoms with Crippen molar-refractivity contribution in [3.8, 4) is 0 Å². The van der Waals surface area contributed by atoms with Crippen LogP contribution >= 0.6 is 0 Å². The topological polar surface area (TPSA) is 40.5 Å². The summed E-state index contributed by atoms with van der Waals surface area (Å²) in [6.07, 6.45) is 0.488. The van der Waals surface area contributed by atoms with Gasteiger partial charge in [-0.25, -0.2) is 4.79 Å². The fraction of sp³-hybridized carbons (Fsp3) is 0.188. The molecular formula is C16H17NO2. The summed E-state index contributed by atoms with van der Waals surface area (Å²) >= 11 is 0. The summed E-state index contributed by atoms with van der Waals surface area (Å²) < 4.78 is 0. The molecule has 0 aliphatic rings. The predicted octanol–water partition coefficient (Wildman–Crippen LogP) is 2.82. The number of carbonyl (C=O) groups is 1. The summed E-state index contributed by atoms with van der Waals surface area (Å²) in [6.45, 7) is 0. The van der Waals surface area contributed by atoms with Crippen LogP contribution in [0.5, 0.6) is 0 Å². The van der Waals surface area contributed by atoms with Crippen molar-refractivity contribution in [3.05, 3.63) is 66.2 Å². The van der Waals surface area contributed by atoms with Crippen LogP contribution in [0.3, 0.4) is 0 Å². The molecule has 0 bridgehead atoms. The molecule has 0 heterocycles. The average molecular weight is 255 g/mol. The maximum absolute atomic E-state index is 11.5. The van der Waals surface area contributed by atoms with Gasteiger partial charge in [-0.3, -0.25) is 0 Å². The van der Waals surface area contributed by atoms with E-state index in [1.165, 1.54) is 0 Å². The quantitative estimate of drug-likeness (QED) is 0.893.